The van der Waals surface area contributed by atoms with E-state index < -0.39 is 11.9 Å². The SMILES string of the molecule is COc1ccc(C(=O)Oc2c(Br)cc(/C=C3\SC(=O)N(CCOc4cccc5ccccc45)C3=O)cc2OC)cc1. The van der Waals surface area contributed by atoms with Crippen LogP contribution in [0.4, 0.5) is 4.79 Å². The van der Waals surface area contributed by atoms with Crippen molar-refractivity contribution in [2.75, 3.05) is 27.4 Å². The van der Waals surface area contributed by atoms with E-state index in [9.17, 15) is 14.4 Å². The van der Waals surface area contributed by atoms with Crippen LogP contribution in [0, 0.1) is 0 Å². The summed E-state index contributed by atoms with van der Waals surface area (Å²) in [4.78, 5) is 39.9. The number of hydrogen-bond donors (Lipinski definition) is 0. The van der Waals surface area contributed by atoms with E-state index in [2.05, 4.69) is 15.9 Å². The maximum absolute atomic E-state index is 13.1. The number of methoxy groups -OCH3 is 2. The monoisotopic (exact) mass is 633 g/mol. The van der Waals surface area contributed by atoms with Gasteiger partial charge in [0, 0.05) is 5.39 Å². The molecule has 1 aliphatic rings. The van der Waals surface area contributed by atoms with E-state index in [-0.39, 0.29) is 34.8 Å². The number of thioether (sulfide) groups is 1. The Kier molecular flexibility index (Phi) is 8.61. The van der Waals surface area contributed by atoms with Crippen LogP contribution in [0.3, 0.4) is 0 Å². The average molecular weight is 635 g/mol. The summed E-state index contributed by atoms with van der Waals surface area (Å²) in [6, 6.07) is 23.4. The average Bonchev–Trinajstić information content (AvgIpc) is 3.25. The normalized spacial score (nSPS) is 14.0. The van der Waals surface area contributed by atoms with Gasteiger partial charge in [0.25, 0.3) is 11.1 Å². The van der Waals surface area contributed by atoms with Crippen molar-refractivity contribution in [1.29, 1.82) is 0 Å². The third kappa shape index (κ3) is 6.23. The molecular formula is C31H24BrNO7S. The molecule has 4 aromatic carbocycles. The van der Waals surface area contributed by atoms with Crippen LogP contribution in [0.1, 0.15) is 15.9 Å². The van der Waals surface area contributed by atoms with Crippen molar-refractivity contribution >= 4 is 61.7 Å². The quantitative estimate of drug-likeness (QED) is 0.111. The molecular weight excluding hydrogens is 610 g/mol. The van der Waals surface area contributed by atoms with Crippen LogP contribution in [-0.4, -0.2) is 49.4 Å². The van der Waals surface area contributed by atoms with Crippen LogP contribution in [0.15, 0.2) is 88.2 Å². The van der Waals surface area contributed by atoms with E-state index in [0.717, 1.165) is 22.5 Å². The Bertz CT molecular complexity index is 1660. The Morgan fingerprint density at radius 1 is 0.927 bits per heavy atom. The summed E-state index contributed by atoms with van der Waals surface area (Å²) in [5.74, 6) is 0.777. The number of amides is 2. The number of halogens is 1. The van der Waals surface area contributed by atoms with Gasteiger partial charge in [-0.25, -0.2) is 4.79 Å². The van der Waals surface area contributed by atoms with Crippen LogP contribution < -0.4 is 18.9 Å². The van der Waals surface area contributed by atoms with Gasteiger partial charge in [-0.15, -0.1) is 0 Å². The molecule has 0 unspecified atom stereocenters. The smallest absolute Gasteiger partial charge is 0.343 e. The van der Waals surface area contributed by atoms with Gasteiger partial charge in [0.2, 0.25) is 0 Å². The summed E-state index contributed by atoms with van der Waals surface area (Å²) in [5.41, 5.74) is 0.914. The van der Waals surface area contributed by atoms with Gasteiger partial charge in [0.1, 0.15) is 18.1 Å². The highest BCUT2D eigenvalue weighted by Gasteiger charge is 2.35. The second-order valence-corrected chi connectivity index (χ2v) is 10.7. The first-order valence-corrected chi connectivity index (χ1v) is 14.1. The van der Waals surface area contributed by atoms with Crippen LogP contribution in [0.5, 0.6) is 23.0 Å². The fraction of sp³-hybridized carbons (Fsp3) is 0.129. The number of ether oxygens (including phenoxy) is 4. The first-order chi connectivity index (χ1) is 19.9. The Morgan fingerprint density at radius 2 is 1.68 bits per heavy atom. The van der Waals surface area contributed by atoms with Crippen LogP contribution in [0.25, 0.3) is 16.8 Å². The van der Waals surface area contributed by atoms with Crippen molar-refractivity contribution in [3.05, 3.63) is 99.4 Å². The van der Waals surface area contributed by atoms with Crippen molar-refractivity contribution in [3.8, 4) is 23.0 Å². The van der Waals surface area contributed by atoms with E-state index in [1.165, 1.54) is 12.0 Å². The topological polar surface area (TPSA) is 91.4 Å². The molecule has 0 aliphatic carbocycles. The third-order valence-corrected chi connectivity index (χ3v) is 7.76. The van der Waals surface area contributed by atoms with Crippen molar-refractivity contribution in [3.63, 3.8) is 0 Å². The minimum Gasteiger partial charge on any atom is -0.497 e. The Labute approximate surface area is 249 Å². The number of imide groups is 1. The lowest BCUT2D eigenvalue weighted by molar-refractivity contribution is -0.123. The summed E-state index contributed by atoms with van der Waals surface area (Å²) in [7, 11) is 2.99. The molecule has 0 saturated carbocycles. The molecule has 0 bridgehead atoms. The van der Waals surface area contributed by atoms with Crippen molar-refractivity contribution in [2.45, 2.75) is 0 Å². The van der Waals surface area contributed by atoms with Crippen molar-refractivity contribution in [2.24, 2.45) is 0 Å². The molecule has 208 valence electrons. The Hall–Kier alpha value is -4.28. The zero-order chi connectivity index (χ0) is 28.9. The molecule has 8 nitrogen and oxygen atoms in total. The summed E-state index contributed by atoms with van der Waals surface area (Å²) in [6.07, 6.45) is 1.60. The van der Waals surface area contributed by atoms with Crippen molar-refractivity contribution in [1.82, 2.24) is 4.90 Å². The standard InChI is InChI=1S/C31H24BrNO7S/c1-37-22-12-10-21(11-13-22)30(35)40-28-24(32)16-19(17-26(28)38-2)18-27-29(34)33(31(36)41-27)14-15-39-25-9-5-7-20-6-3-4-8-23(20)25/h3-13,16-18H,14-15H2,1-2H3/b27-18-. The fourth-order valence-corrected chi connectivity index (χ4v) is 5.62. The third-order valence-electron chi connectivity index (χ3n) is 6.27. The first kappa shape index (κ1) is 28.3. The lowest BCUT2D eigenvalue weighted by Gasteiger charge is -2.14. The summed E-state index contributed by atoms with van der Waals surface area (Å²) in [6.45, 7) is 0.269. The van der Waals surface area contributed by atoms with Gasteiger partial charge in [0.15, 0.2) is 11.5 Å². The molecule has 1 saturated heterocycles. The minimum absolute atomic E-state index is 0.110. The molecule has 0 radical (unpaired) electrons. The van der Waals surface area contributed by atoms with Crippen LogP contribution in [-0.2, 0) is 4.79 Å². The molecule has 0 N–H and O–H groups in total. The number of hydrogen-bond acceptors (Lipinski definition) is 8. The zero-order valence-electron chi connectivity index (χ0n) is 22.1. The number of rotatable bonds is 9. The first-order valence-electron chi connectivity index (χ1n) is 12.5. The van der Waals surface area contributed by atoms with Crippen molar-refractivity contribution < 1.29 is 33.3 Å². The second-order valence-electron chi connectivity index (χ2n) is 8.81. The molecule has 5 rings (SSSR count). The predicted molar refractivity (Wildman–Crippen MR) is 161 cm³/mol. The molecule has 0 aromatic heterocycles. The summed E-state index contributed by atoms with van der Waals surface area (Å²) < 4.78 is 22.5. The summed E-state index contributed by atoms with van der Waals surface area (Å²) in [5, 5.41) is 1.63. The highest BCUT2D eigenvalue weighted by Crippen LogP contribution is 2.39. The molecule has 41 heavy (non-hydrogen) atoms. The maximum atomic E-state index is 13.1. The highest BCUT2D eigenvalue weighted by atomic mass is 79.9. The van der Waals surface area contributed by atoms with E-state index in [1.807, 2.05) is 42.5 Å². The molecule has 1 fully saturated rings. The molecule has 10 heteroatoms. The van der Waals surface area contributed by atoms with Gasteiger partial charge >= 0.3 is 5.97 Å². The number of esters is 1. The van der Waals surface area contributed by atoms with E-state index in [0.29, 0.717) is 27.1 Å². The minimum atomic E-state index is -0.578. The summed E-state index contributed by atoms with van der Waals surface area (Å²) >= 11 is 4.28. The number of carbonyl (C=O) groups excluding carboxylic acids is 3. The molecule has 1 aliphatic heterocycles. The molecule has 1 heterocycles. The van der Waals surface area contributed by atoms with E-state index in [4.69, 9.17) is 18.9 Å². The Morgan fingerprint density at radius 3 is 2.44 bits per heavy atom. The van der Waals surface area contributed by atoms with E-state index >= 15 is 0 Å². The molecule has 0 atom stereocenters. The van der Waals surface area contributed by atoms with Gasteiger partial charge in [-0.3, -0.25) is 14.5 Å². The zero-order valence-corrected chi connectivity index (χ0v) is 24.5. The van der Waals surface area contributed by atoms with E-state index in [1.54, 1.807) is 49.6 Å². The van der Waals surface area contributed by atoms with Gasteiger partial charge in [-0.1, -0.05) is 36.4 Å². The lowest BCUT2D eigenvalue weighted by atomic mass is 10.1. The van der Waals surface area contributed by atoms with Gasteiger partial charge in [0.05, 0.1) is 35.7 Å². The second kappa shape index (κ2) is 12.5. The molecule has 2 amide bonds. The van der Waals surface area contributed by atoms with Gasteiger partial charge < -0.3 is 18.9 Å². The fourth-order valence-electron chi connectivity index (χ4n) is 4.21. The number of carbonyl (C=O) groups is 3. The number of benzene rings is 4. The van der Waals surface area contributed by atoms with Gasteiger partial charge in [-0.2, -0.15) is 0 Å². The highest BCUT2D eigenvalue weighted by molar-refractivity contribution is 9.10. The number of nitrogens with zero attached hydrogens (tertiary/aromatic N) is 1. The largest absolute Gasteiger partial charge is 0.497 e. The van der Waals surface area contributed by atoms with Gasteiger partial charge in [-0.05, 0) is 87.2 Å². The predicted octanol–water partition coefficient (Wildman–Crippen LogP) is 6.95. The lowest BCUT2D eigenvalue weighted by Crippen LogP contribution is -2.32. The van der Waals surface area contributed by atoms with Crippen LogP contribution in [0.2, 0.25) is 0 Å². The van der Waals surface area contributed by atoms with Crippen LogP contribution >= 0.6 is 27.7 Å². The Balaban J connectivity index is 1.27. The molecule has 0 spiro atoms. The maximum Gasteiger partial charge on any atom is 0.343 e. The number of fused-ring (bicyclic) bond motifs is 1. The molecule has 4 aromatic rings.